The molecule has 1 aromatic heterocycles. The second kappa shape index (κ2) is 12.6. The Morgan fingerprint density at radius 3 is 2.46 bits per heavy atom. The predicted octanol–water partition coefficient (Wildman–Crippen LogP) is -5.63. The van der Waals surface area contributed by atoms with Gasteiger partial charge >= 0.3 is 47.2 Å². The molecule has 1 aromatic carbocycles. The molecule has 3 heterocycles. The second-order valence-corrected chi connectivity index (χ2v) is 9.68. The molecule has 0 saturated carbocycles. The smallest absolute Gasteiger partial charge is 0.543 e. The quantitative estimate of drug-likeness (QED) is 0.109. The molecular formula is C23H21N6NaO10S. The van der Waals surface area contributed by atoms with E-state index in [-0.39, 0.29) is 58.8 Å². The van der Waals surface area contributed by atoms with Crippen molar-refractivity contribution < 1.29 is 68.5 Å². The van der Waals surface area contributed by atoms with Crippen LogP contribution in [0, 0.1) is 0 Å². The van der Waals surface area contributed by atoms with Crippen LogP contribution in [0.5, 0.6) is 5.75 Å². The van der Waals surface area contributed by atoms with Crippen molar-refractivity contribution in [3.8, 4) is 5.75 Å². The number of thioether (sulfide) groups is 1. The summed E-state index contributed by atoms with van der Waals surface area (Å²) in [7, 11) is 0. The van der Waals surface area contributed by atoms with Crippen LogP contribution < -0.4 is 61.9 Å². The van der Waals surface area contributed by atoms with Gasteiger partial charge in [-0.3, -0.25) is 34.0 Å². The summed E-state index contributed by atoms with van der Waals surface area (Å²) in [5.74, 6) is -4.27. The Labute approximate surface area is 256 Å². The van der Waals surface area contributed by atoms with Crippen molar-refractivity contribution >= 4 is 47.2 Å². The van der Waals surface area contributed by atoms with Gasteiger partial charge in [0.2, 0.25) is 5.91 Å². The third-order valence-electron chi connectivity index (χ3n) is 6.00. The maximum atomic E-state index is 13.6. The molecule has 2 aliphatic rings. The van der Waals surface area contributed by atoms with Crippen LogP contribution in [-0.4, -0.2) is 73.5 Å². The van der Waals surface area contributed by atoms with E-state index < -0.39 is 69.9 Å². The molecule has 16 nitrogen and oxygen atoms in total. The first-order valence-electron chi connectivity index (χ1n) is 11.4. The number of H-pyrrole nitrogens is 2. The number of aromatic amines is 2. The van der Waals surface area contributed by atoms with Gasteiger partial charge in [0.1, 0.15) is 35.5 Å². The average Bonchev–Trinajstić information content (AvgIpc) is 2.89. The molecule has 0 bridgehead atoms. The van der Waals surface area contributed by atoms with Crippen molar-refractivity contribution in [2.45, 2.75) is 24.4 Å². The van der Waals surface area contributed by atoms with E-state index >= 15 is 0 Å². The van der Waals surface area contributed by atoms with E-state index in [4.69, 9.17) is 10.5 Å². The molecule has 1 saturated heterocycles. The summed E-state index contributed by atoms with van der Waals surface area (Å²) >= 11 is 1.09. The number of aromatic hydroxyl groups is 1. The molecule has 2 aliphatic heterocycles. The number of aromatic nitrogens is 2. The largest absolute Gasteiger partial charge is 1.00 e. The molecular weight excluding hydrogens is 575 g/mol. The van der Waals surface area contributed by atoms with Crippen molar-refractivity contribution in [3.63, 3.8) is 0 Å². The van der Waals surface area contributed by atoms with Crippen LogP contribution in [0.2, 0.25) is 0 Å². The number of β-lactam (4-membered cyclic amide) rings is 1. The first kappa shape index (κ1) is 31.5. The summed E-state index contributed by atoms with van der Waals surface area (Å²) in [6, 6.07) is 0.773. The molecule has 0 spiro atoms. The Kier molecular flexibility index (Phi) is 9.69. The van der Waals surface area contributed by atoms with E-state index in [1.54, 1.807) is 0 Å². The number of carbonyl (C=O) groups excluding carboxylic acids is 5. The van der Waals surface area contributed by atoms with Gasteiger partial charge in [0.25, 0.3) is 11.5 Å². The summed E-state index contributed by atoms with van der Waals surface area (Å²) in [5, 5.41) is 23.1. The standard InChI is InChI=1S/C23H22N6O10S.Na/c1-9(30)39-7-11-8-40-20-14(19(34)29(20)16(11)21(35)36)26-18(33)15(10-2-4-12(31)5-3-10)28(22(24)37)13-6-25-23(38)27-17(13)32;/h2-6,14-15,20,31H,7-8H2,1H3,(H2,24,37)(H,26,33)(H,35,36)(H2,25,27,32,38);/q;+1/p-1/t14?,15?,20-;/m0./s1. The number of amides is 4. The number of rotatable bonds is 8. The monoisotopic (exact) mass is 596 g/mol. The van der Waals surface area contributed by atoms with Gasteiger partial charge in [-0.2, -0.15) is 0 Å². The Morgan fingerprint density at radius 1 is 1.24 bits per heavy atom. The van der Waals surface area contributed by atoms with Gasteiger partial charge in [0, 0.05) is 24.4 Å². The predicted molar refractivity (Wildman–Crippen MR) is 134 cm³/mol. The molecule has 210 valence electrons. The number of hydrogen-bond donors (Lipinski definition) is 5. The van der Waals surface area contributed by atoms with E-state index in [2.05, 4.69) is 10.3 Å². The van der Waals surface area contributed by atoms with Crippen LogP contribution in [-0.2, 0) is 23.9 Å². The number of primary amides is 1. The van der Waals surface area contributed by atoms with E-state index in [1.807, 2.05) is 4.98 Å². The molecule has 0 aliphatic carbocycles. The number of aliphatic carboxylic acids is 1. The van der Waals surface area contributed by atoms with Crippen LogP contribution >= 0.6 is 11.8 Å². The van der Waals surface area contributed by atoms with Crippen LogP contribution in [0.15, 0.2) is 51.3 Å². The SMILES string of the molecule is CC(=O)OCC1=C(C(=O)[O-])N2C(=O)C(NC(=O)C(c3ccc(O)cc3)N(C(N)=O)c3c[nH]c(=O)[nH]c3=O)[C@@H]2SC1.[Na+]. The molecule has 41 heavy (non-hydrogen) atoms. The van der Waals surface area contributed by atoms with E-state index in [0.717, 1.165) is 29.8 Å². The maximum absolute atomic E-state index is 13.6. The molecule has 2 unspecified atom stereocenters. The molecule has 1 fully saturated rings. The van der Waals surface area contributed by atoms with Crippen LogP contribution in [0.1, 0.15) is 18.5 Å². The molecule has 4 amide bonds. The molecule has 3 atom stereocenters. The number of carboxylic acids is 1. The molecule has 6 N–H and O–H groups in total. The van der Waals surface area contributed by atoms with Crippen molar-refractivity contribution in [3.05, 3.63) is 68.1 Å². The first-order valence-corrected chi connectivity index (χ1v) is 12.5. The summed E-state index contributed by atoms with van der Waals surface area (Å²) in [6.07, 6.45) is 0.876. The number of hydrogen-bond acceptors (Lipinski definition) is 11. The van der Waals surface area contributed by atoms with Crippen molar-refractivity contribution in [1.29, 1.82) is 0 Å². The Bertz CT molecular complexity index is 1550. The van der Waals surface area contributed by atoms with Crippen molar-refractivity contribution in [2.24, 2.45) is 5.73 Å². The van der Waals surface area contributed by atoms with Gasteiger partial charge in [-0.1, -0.05) is 12.1 Å². The van der Waals surface area contributed by atoms with Crippen LogP contribution in [0.3, 0.4) is 0 Å². The number of nitrogens with two attached hydrogens (primary N) is 1. The number of phenols is 1. The Hall–Kier alpha value is -4.06. The first-order chi connectivity index (χ1) is 18.9. The van der Waals surface area contributed by atoms with E-state index in [1.165, 1.54) is 24.3 Å². The molecule has 2 aromatic rings. The van der Waals surface area contributed by atoms with Crippen molar-refractivity contribution in [1.82, 2.24) is 20.2 Å². The second-order valence-electron chi connectivity index (χ2n) is 8.58. The van der Waals surface area contributed by atoms with E-state index in [0.29, 0.717) is 4.90 Å². The van der Waals surface area contributed by atoms with Crippen LogP contribution in [0.25, 0.3) is 0 Å². The van der Waals surface area contributed by atoms with Crippen molar-refractivity contribution in [2.75, 3.05) is 17.3 Å². The summed E-state index contributed by atoms with van der Waals surface area (Å²) in [4.78, 5) is 91.8. The minimum Gasteiger partial charge on any atom is -0.543 e. The third-order valence-corrected chi connectivity index (χ3v) is 7.34. The zero-order valence-electron chi connectivity index (χ0n) is 21.5. The zero-order valence-corrected chi connectivity index (χ0v) is 24.4. The Balaban J connectivity index is 0.00000462. The molecule has 4 rings (SSSR count). The Morgan fingerprint density at radius 2 is 1.90 bits per heavy atom. The topological polar surface area (TPSA) is 248 Å². The van der Waals surface area contributed by atoms with Gasteiger partial charge in [0.05, 0.1) is 11.7 Å². The number of ether oxygens (including phenoxy) is 1. The summed E-state index contributed by atoms with van der Waals surface area (Å²) in [5.41, 5.74) is 2.83. The van der Waals surface area contributed by atoms with E-state index in [9.17, 15) is 43.8 Å². The number of carbonyl (C=O) groups is 5. The number of urea groups is 1. The van der Waals surface area contributed by atoms with Gasteiger partial charge in [-0.05, 0) is 17.7 Å². The number of esters is 1. The molecule has 0 radical (unpaired) electrons. The number of phenolic OH excluding ortho intramolecular Hbond substituents is 1. The minimum atomic E-state index is -1.68. The van der Waals surface area contributed by atoms with Gasteiger partial charge in [-0.25, -0.2) is 9.59 Å². The summed E-state index contributed by atoms with van der Waals surface area (Å²) in [6.45, 7) is 0.766. The normalized spacial score (nSPS) is 18.3. The minimum absolute atomic E-state index is 0. The fraction of sp³-hybridized carbons (Fsp3) is 0.261. The number of nitrogens with one attached hydrogen (secondary N) is 3. The fourth-order valence-electron chi connectivity index (χ4n) is 4.24. The number of benzene rings is 1. The summed E-state index contributed by atoms with van der Waals surface area (Å²) < 4.78 is 4.87. The zero-order chi connectivity index (χ0) is 29.3. The number of anilines is 1. The third kappa shape index (κ3) is 6.32. The average molecular weight is 597 g/mol. The molecule has 18 heteroatoms. The number of nitrogens with zero attached hydrogens (tertiary/aromatic N) is 2. The van der Waals surface area contributed by atoms with Crippen LogP contribution in [0.4, 0.5) is 10.5 Å². The number of fused-ring (bicyclic) bond motifs is 1. The maximum Gasteiger partial charge on any atom is 1.00 e. The van der Waals surface area contributed by atoms with Gasteiger partial charge < -0.3 is 35.8 Å². The fourth-order valence-corrected chi connectivity index (χ4v) is 5.57. The number of carboxylic acid groups (broad SMARTS) is 1. The van der Waals surface area contributed by atoms with Gasteiger partial charge in [-0.15, -0.1) is 11.8 Å². The van der Waals surface area contributed by atoms with Gasteiger partial charge in [0.15, 0.2) is 0 Å².